The Hall–Kier alpha value is -12.6. The molecule has 0 spiro atoms. The average Bonchev–Trinajstić information content (AvgIpc) is 1.77. The quantitative estimate of drug-likeness (QED) is 0.0178. The molecule has 6 N–H and O–H groups in total. The molecule has 660 valence electrons. The Morgan fingerprint density at radius 3 is 0.944 bits per heavy atom. The van der Waals surface area contributed by atoms with Gasteiger partial charge in [-0.1, -0.05) is 180 Å². The predicted molar refractivity (Wildman–Crippen MR) is 487 cm³/mol. The van der Waals surface area contributed by atoms with Gasteiger partial charge in [0.2, 0.25) is 0 Å². The highest BCUT2D eigenvalue weighted by molar-refractivity contribution is 6.18. The minimum Gasteiger partial charge on any atom is -0.507 e. The van der Waals surface area contributed by atoms with Crippen molar-refractivity contribution in [1.29, 1.82) is 0 Å². The van der Waals surface area contributed by atoms with Crippen LogP contribution in [0.1, 0.15) is 177 Å². The second-order valence-corrected chi connectivity index (χ2v) is 31.0. The van der Waals surface area contributed by atoms with Crippen LogP contribution >= 0.6 is 11.6 Å². The standard InChI is InChI=1S/C38H43N3O5.C37H39ClN2O5.C24H31N3O5.CH5N/c1-4-5-19-40(3)37(42)33-22-34(38(43)41-24-30-16-17-32(21-31(30)25-41)44-20-18-39-2)36(46-27-29-14-10-7-11-15-29)23-35(33)45-26-28-12-8-6-9-13-28;1-3-4-18-39(2)36(41)32-21-33(37(42)40-23-29-15-16-31(43-19-17-38)20-30(29)24-40)35(45-26-28-13-9-6-10-14-28)22-34(32)44-25-27-11-7-5-8-12-27;1-4-5-9-26(3)23(30)19-12-20(22(29)13-21(19)28)24(31)27-14-16-6-7-18(11-17(16)15-27)32-10-8-25-2;1-2/h6-17,21-23,39H,4-5,18-20,24-27H2,1-3H3;5-16,20-22H,3-4,17-19,23-26H2,1-2H3;6-7,11-13,25,28-29H,4-5,8-10,14-15H2,1-3H3;2H2,1H3. The third-order valence-electron chi connectivity index (χ3n) is 21.3. The number of amides is 6. The van der Waals surface area contributed by atoms with E-state index in [9.17, 15) is 39.0 Å². The van der Waals surface area contributed by atoms with Gasteiger partial charge >= 0.3 is 0 Å². The van der Waals surface area contributed by atoms with E-state index in [-0.39, 0.29) is 72.7 Å². The zero-order valence-electron chi connectivity index (χ0n) is 73.2. The van der Waals surface area contributed by atoms with Crippen molar-refractivity contribution in [3.63, 3.8) is 0 Å². The van der Waals surface area contributed by atoms with Crippen LogP contribution in [0.3, 0.4) is 0 Å². The summed E-state index contributed by atoms with van der Waals surface area (Å²) in [6, 6.07) is 65.7. The number of nitrogens with one attached hydrogen (secondary N) is 2. The number of nitrogens with two attached hydrogens (primary N) is 1. The number of rotatable bonds is 38. The second kappa shape index (κ2) is 48.4. The molecule has 24 nitrogen and oxygen atoms in total. The van der Waals surface area contributed by atoms with Gasteiger partial charge in [-0.2, -0.15) is 0 Å². The highest BCUT2D eigenvalue weighted by atomic mass is 35.5. The van der Waals surface area contributed by atoms with Crippen LogP contribution in [-0.2, 0) is 65.7 Å². The van der Waals surface area contributed by atoms with Gasteiger partial charge in [0.05, 0.1) is 39.3 Å². The van der Waals surface area contributed by atoms with Crippen LogP contribution in [0, 0.1) is 0 Å². The molecule has 0 saturated carbocycles. The fourth-order valence-electron chi connectivity index (χ4n) is 14.3. The minimum atomic E-state index is -0.401. The Labute approximate surface area is 739 Å². The molecule has 3 aliphatic rings. The number of ether oxygens (including phenoxy) is 7. The molecule has 0 aliphatic carbocycles. The van der Waals surface area contributed by atoms with E-state index < -0.39 is 11.8 Å². The van der Waals surface area contributed by atoms with E-state index >= 15 is 0 Å². The van der Waals surface area contributed by atoms with Gasteiger partial charge in [0.1, 0.15) is 98.0 Å². The molecule has 0 saturated heterocycles. The zero-order chi connectivity index (χ0) is 89.2. The van der Waals surface area contributed by atoms with Gasteiger partial charge in [-0.15, -0.1) is 11.6 Å². The fourth-order valence-corrected chi connectivity index (χ4v) is 14.3. The molecule has 10 aromatic rings. The number of benzene rings is 10. The Morgan fingerprint density at radius 2 is 0.632 bits per heavy atom. The monoisotopic (exact) mass is 1720 g/mol. The lowest BCUT2D eigenvalue weighted by molar-refractivity contribution is 0.0736. The Balaban J connectivity index is 0.000000197. The predicted octanol–water partition coefficient (Wildman–Crippen LogP) is 16.3. The van der Waals surface area contributed by atoms with Crippen molar-refractivity contribution in [1.82, 2.24) is 40.0 Å². The van der Waals surface area contributed by atoms with Gasteiger partial charge in [-0.25, -0.2) is 0 Å². The summed E-state index contributed by atoms with van der Waals surface area (Å²) in [5.74, 6) is 1.78. The van der Waals surface area contributed by atoms with Gasteiger partial charge in [0, 0.05) is 111 Å². The van der Waals surface area contributed by atoms with Crippen LogP contribution in [0.25, 0.3) is 0 Å². The van der Waals surface area contributed by atoms with Gasteiger partial charge in [-0.3, -0.25) is 28.8 Å². The first kappa shape index (κ1) is 94.6. The molecule has 3 aliphatic heterocycles. The topological polar surface area (TPSA) is 277 Å². The molecule has 0 unspecified atom stereocenters. The van der Waals surface area contributed by atoms with Crippen molar-refractivity contribution in [2.75, 3.05) is 101 Å². The number of carbonyl (C=O) groups is 6. The average molecular weight is 1720 g/mol. The normalized spacial score (nSPS) is 12.0. The van der Waals surface area contributed by atoms with Crippen LogP contribution in [0.4, 0.5) is 0 Å². The smallest absolute Gasteiger partial charge is 0.258 e. The summed E-state index contributed by atoms with van der Waals surface area (Å²) in [5, 5.41) is 26.7. The molecular weight excluding hydrogens is 1600 g/mol. The molecule has 13 rings (SSSR count). The van der Waals surface area contributed by atoms with Crippen molar-refractivity contribution in [3.8, 4) is 51.7 Å². The molecule has 0 atom stereocenters. The van der Waals surface area contributed by atoms with E-state index in [0.29, 0.717) is 130 Å². The Morgan fingerprint density at radius 1 is 0.352 bits per heavy atom. The lowest BCUT2D eigenvalue weighted by atomic mass is 10.0. The second-order valence-electron chi connectivity index (χ2n) is 30.6. The molecule has 3 heterocycles. The van der Waals surface area contributed by atoms with Crippen LogP contribution in [-0.4, -0.2) is 176 Å². The maximum absolute atomic E-state index is 14.3. The zero-order valence-corrected chi connectivity index (χ0v) is 74.0. The minimum absolute atomic E-state index is 0.00156. The summed E-state index contributed by atoms with van der Waals surface area (Å²) in [5.41, 5.74) is 15.8. The number of halogens is 1. The molecule has 0 aromatic heterocycles. The highest BCUT2D eigenvalue weighted by Gasteiger charge is 2.34. The van der Waals surface area contributed by atoms with Crippen LogP contribution in [0.5, 0.6) is 51.7 Å². The number of nitrogens with zero attached hydrogens (tertiary/aromatic N) is 6. The summed E-state index contributed by atoms with van der Waals surface area (Å²) in [4.78, 5) is 92.2. The molecule has 0 fully saturated rings. The SMILES string of the molecule is CCCCN(C)C(=O)c1cc(C(=O)N2Cc3ccc(OCCCl)cc3C2)c(OCc2ccccc2)cc1OCc1ccccc1.CCCCN(C)C(=O)c1cc(C(=O)N2Cc3ccc(OCCNC)cc3C2)c(O)cc1O.CCCCN(C)C(=O)c1cc(C(=O)N2Cc3ccc(OCCNC)cc3C2)c(OCc2ccccc2)cc1OCc1ccccc1.CN. The number of phenolic OH excluding ortho intramolecular Hbond substituents is 2. The molecule has 125 heavy (non-hydrogen) atoms. The number of aromatic hydroxyl groups is 2. The molecule has 10 aromatic carbocycles. The van der Waals surface area contributed by atoms with Crippen LogP contribution in [0.15, 0.2) is 212 Å². The van der Waals surface area contributed by atoms with Crippen LogP contribution in [0.2, 0.25) is 0 Å². The number of alkyl halides is 1. The van der Waals surface area contributed by atoms with Crippen molar-refractivity contribution in [2.24, 2.45) is 5.73 Å². The van der Waals surface area contributed by atoms with Gasteiger partial charge in [0.15, 0.2) is 0 Å². The largest absolute Gasteiger partial charge is 0.507 e. The van der Waals surface area contributed by atoms with Crippen molar-refractivity contribution >= 4 is 47.0 Å². The number of carbonyl (C=O) groups excluding carboxylic acids is 6. The van der Waals surface area contributed by atoms with Crippen molar-refractivity contribution in [3.05, 3.63) is 301 Å². The number of phenols is 2. The molecule has 0 bridgehead atoms. The first-order chi connectivity index (χ1) is 60.8. The van der Waals surface area contributed by atoms with E-state index in [1.165, 1.54) is 18.0 Å². The first-order valence-electron chi connectivity index (χ1n) is 42.7. The van der Waals surface area contributed by atoms with E-state index in [1.54, 1.807) is 69.9 Å². The van der Waals surface area contributed by atoms with E-state index in [1.807, 2.05) is 197 Å². The Bertz CT molecular complexity index is 5200. The summed E-state index contributed by atoms with van der Waals surface area (Å²) in [6.45, 7) is 14.5. The third-order valence-corrected chi connectivity index (χ3v) is 21.5. The van der Waals surface area contributed by atoms with Crippen LogP contribution < -0.4 is 49.5 Å². The Kier molecular flexibility index (Phi) is 36.7. The summed E-state index contributed by atoms with van der Waals surface area (Å²) in [7, 11) is 10.5. The number of hydrogen-bond acceptors (Lipinski definition) is 18. The van der Waals surface area contributed by atoms with Crippen molar-refractivity contribution in [2.45, 2.75) is 125 Å². The van der Waals surface area contributed by atoms with E-state index in [4.69, 9.17) is 44.8 Å². The molecule has 25 heteroatoms. The number of unbranched alkanes of at least 4 members (excludes halogenated alkanes) is 3. The summed E-state index contributed by atoms with van der Waals surface area (Å²) >= 11 is 5.80. The number of fused-ring (bicyclic) bond motifs is 3. The summed E-state index contributed by atoms with van der Waals surface area (Å²) < 4.78 is 42.5. The van der Waals surface area contributed by atoms with Gasteiger partial charge in [0.25, 0.3) is 35.4 Å². The maximum atomic E-state index is 14.3. The maximum Gasteiger partial charge on any atom is 0.258 e. The third kappa shape index (κ3) is 26.5. The van der Waals surface area contributed by atoms with E-state index in [0.717, 1.165) is 131 Å². The summed E-state index contributed by atoms with van der Waals surface area (Å²) in [6.07, 6.45) is 5.43. The number of hydrogen-bond donors (Lipinski definition) is 5. The first-order valence-corrected chi connectivity index (χ1v) is 43.2. The van der Waals surface area contributed by atoms with Gasteiger partial charge in [-0.05, 0) is 151 Å². The molecule has 0 radical (unpaired) electrons. The van der Waals surface area contributed by atoms with Gasteiger partial charge < -0.3 is 89.1 Å². The lowest BCUT2D eigenvalue weighted by Gasteiger charge is -2.23. The fraction of sp³-hybridized carbons (Fsp3) is 0.340. The number of likely N-dealkylation sites (N-methyl/N-ethyl adjacent to an activating group) is 2. The highest BCUT2D eigenvalue weighted by Crippen LogP contribution is 2.40. The lowest BCUT2D eigenvalue weighted by Crippen LogP contribution is -2.30. The molecular formula is C100H118ClN9O15. The molecule has 6 amide bonds. The van der Waals surface area contributed by atoms with E-state index in [2.05, 4.69) is 30.2 Å². The van der Waals surface area contributed by atoms with Crippen molar-refractivity contribution < 1.29 is 72.1 Å².